The van der Waals surface area contributed by atoms with Crippen molar-refractivity contribution in [1.82, 2.24) is 9.91 Å². The highest BCUT2D eigenvalue weighted by molar-refractivity contribution is 6.04. The van der Waals surface area contributed by atoms with Crippen molar-refractivity contribution >= 4 is 23.2 Å². The highest BCUT2D eigenvalue weighted by Gasteiger charge is 2.22. The van der Waals surface area contributed by atoms with Crippen LogP contribution in [0.2, 0.25) is 0 Å². The molecule has 0 aromatic heterocycles. The van der Waals surface area contributed by atoms with Crippen molar-refractivity contribution in [2.45, 2.75) is 59.6 Å². The lowest BCUT2D eigenvalue weighted by Crippen LogP contribution is -2.31. The van der Waals surface area contributed by atoms with Gasteiger partial charge >= 0.3 is 0 Å². The van der Waals surface area contributed by atoms with Crippen molar-refractivity contribution in [2.75, 3.05) is 32.1 Å². The van der Waals surface area contributed by atoms with Crippen molar-refractivity contribution in [3.8, 4) is 11.5 Å². The summed E-state index contributed by atoms with van der Waals surface area (Å²) >= 11 is 0. The van der Waals surface area contributed by atoms with E-state index in [-0.39, 0.29) is 17.9 Å². The lowest BCUT2D eigenvalue weighted by molar-refractivity contribution is -0.132. The van der Waals surface area contributed by atoms with Gasteiger partial charge in [0.25, 0.3) is 0 Å². The van der Waals surface area contributed by atoms with Crippen LogP contribution >= 0.6 is 0 Å². The minimum absolute atomic E-state index is 0.00425. The van der Waals surface area contributed by atoms with Gasteiger partial charge in [-0.3, -0.25) is 9.59 Å². The number of hydrogen-bond acceptors (Lipinski definition) is 6. The van der Waals surface area contributed by atoms with E-state index in [4.69, 9.17) is 9.47 Å². The summed E-state index contributed by atoms with van der Waals surface area (Å²) in [5.41, 5.74) is 3.43. The molecule has 0 aliphatic carbocycles. The Kier molecular flexibility index (Phi) is 9.87. The van der Waals surface area contributed by atoms with Crippen molar-refractivity contribution in [2.24, 2.45) is 5.10 Å². The molecular formula is C28H38N4O4. The maximum atomic E-state index is 12.6. The van der Waals surface area contributed by atoms with Gasteiger partial charge in [-0.1, -0.05) is 26.0 Å². The Morgan fingerprint density at radius 2 is 1.81 bits per heavy atom. The molecule has 8 nitrogen and oxygen atoms in total. The number of nitrogens with one attached hydrogen (secondary N) is 1. The molecule has 0 saturated carbocycles. The van der Waals surface area contributed by atoms with E-state index >= 15 is 0 Å². The highest BCUT2D eigenvalue weighted by Crippen LogP contribution is 2.30. The third-order valence-corrected chi connectivity index (χ3v) is 6.08. The zero-order valence-corrected chi connectivity index (χ0v) is 22.0. The van der Waals surface area contributed by atoms with E-state index < -0.39 is 0 Å². The van der Waals surface area contributed by atoms with Crippen molar-refractivity contribution in [1.29, 1.82) is 0 Å². The quantitative estimate of drug-likeness (QED) is 0.463. The fourth-order valence-electron chi connectivity index (χ4n) is 4.02. The number of nitrogens with zero attached hydrogens (tertiary/aromatic N) is 3. The molecule has 0 saturated heterocycles. The van der Waals surface area contributed by atoms with E-state index in [9.17, 15) is 9.59 Å². The maximum Gasteiger partial charge on any atom is 0.243 e. The van der Waals surface area contributed by atoms with Crippen LogP contribution in [-0.2, 0) is 16.1 Å². The molecule has 0 bridgehead atoms. The summed E-state index contributed by atoms with van der Waals surface area (Å²) in [5, 5.41) is 9.12. The van der Waals surface area contributed by atoms with Crippen LogP contribution in [0.15, 0.2) is 47.6 Å². The van der Waals surface area contributed by atoms with Gasteiger partial charge in [0.15, 0.2) is 11.5 Å². The summed E-state index contributed by atoms with van der Waals surface area (Å²) in [6.07, 6.45) is 1.43. The molecule has 8 heteroatoms. The summed E-state index contributed by atoms with van der Waals surface area (Å²) in [6, 6.07) is 13.3. The minimum atomic E-state index is -0.0142. The van der Waals surface area contributed by atoms with Crippen LogP contribution < -0.4 is 14.8 Å². The molecule has 2 aromatic rings. The molecule has 0 fully saturated rings. The molecule has 194 valence electrons. The number of hydrogen-bond donors (Lipinski definition) is 1. The first-order valence-electron chi connectivity index (χ1n) is 12.7. The fraction of sp³-hybridized carbons (Fsp3) is 0.464. The lowest BCUT2D eigenvalue weighted by Gasteiger charge is -2.24. The van der Waals surface area contributed by atoms with Crippen LogP contribution in [0.3, 0.4) is 0 Å². The second-order valence-corrected chi connectivity index (χ2v) is 9.05. The Morgan fingerprint density at radius 3 is 2.44 bits per heavy atom. The highest BCUT2D eigenvalue weighted by atomic mass is 16.5. The SMILES string of the molecule is CCN(CC)CCC(=O)Nc1ccc(CN2N=C(c3ccc(OC)c(OC(C)C)c3)CCC2=O)cc1. The number of hydrazone groups is 1. The maximum absolute atomic E-state index is 12.6. The number of anilines is 1. The van der Waals surface area contributed by atoms with Gasteiger partial charge in [-0.15, -0.1) is 0 Å². The molecule has 3 rings (SSSR count). The van der Waals surface area contributed by atoms with Gasteiger partial charge in [0.1, 0.15) is 0 Å². The predicted octanol–water partition coefficient (Wildman–Crippen LogP) is 4.68. The third kappa shape index (κ3) is 7.55. The second-order valence-electron chi connectivity index (χ2n) is 9.05. The van der Waals surface area contributed by atoms with Gasteiger partial charge in [0.2, 0.25) is 11.8 Å². The largest absolute Gasteiger partial charge is 0.493 e. The number of amides is 2. The summed E-state index contributed by atoms with van der Waals surface area (Å²) < 4.78 is 11.3. The molecule has 0 unspecified atom stereocenters. The molecule has 1 N–H and O–H groups in total. The topological polar surface area (TPSA) is 83.5 Å². The van der Waals surface area contributed by atoms with E-state index in [1.165, 1.54) is 5.01 Å². The Balaban J connectivity index is 1.66. The van der Waals surface area contributed by atoms with Crippen LogP contribution in [0.1, 0.15) is 58.1 Å². The Labute approximate surface area is 214 Å². The number of rotatable bonds is 12. The van der Waals surface area contributed by atoms with Gasteiger partial charge in [-0.05, 0) is 62.8 Å². The molecular weight excluding hydrogens is 456 g/mol. The van der Waals surface area contributed by atoms with E-state index in [1.54, 1.807) is 7.11 Å². The molecule has 2 amide bonds. The van der Waals surface area contributed by atoms with Gasteiger partial charge in [0.05, 0.1) is 25.5 Å². The van der Waals surface area contributed by atoms with Crippen molar-refractivity contribution in [3.63, 3.8) is 0 Å². The smallest absolute Gasteiger partial charge is 0.243 e. The molecule has 1 aliphatic rings. The lowest BCUT2D eigenvalue weighted by atomic mass is 10.0. The van der Waals surface area contributed by atoms with E-state index in [0.29, 0.717) is 37.3 Å². The molecule has 36 heavy (non-hydrogen) atoms. The zero-order chi connectivity index (χ0) is 26.1. The average molecular weight is 495 g/mol. The van der Waals surface area contributed by atoms with Crippen LogP contribution in [0, 0.1) is 0 Å². The molecule has 1 aliphatic heterocycles. The molecule has 0 atom stereocenters. The van der Waals surface area contributed by atoms with Gasteiger partial charge in [0, 0.05) is 37.1 Å². The summed E-state index contributed by atoms with van der Waals surface area (Å²) in [5.74, 6) is 1.30. The van der Waals surface area contributed by atoms with E-state index in [0.717, 1.165) is 42.2 Å². The van der Waals surface area contributed by atoms with Crippen LogP contribution in [0.5, 0.6) is 11.5 Å². The normalized spacial score (nSPS) is 13.7. The predicted molar refractivity (Wildman–Crippen MR) is 143 cm³/mol. The minimum Gasteiger partial charge on any atom is -0.493 e. The van der Waals surface area contributed by atoms with Crippen molar-refractivity contribution < 1.29 is 19.1 Å². The third-order valence-electron chi connectivity index (χ3n) is 6.08. The van der Waals surface area contributed by atoms with Crippen LogP contribution in [-0.4, -0.2) is 60.3 Å². The summed E-state index contributed by atoms with van der Waals surface area (Å²) in [4.78, 5) is 27.1. The number of ether oxygens (including phenoxy) is 2. The van der Waals surface area contributed by atoms with Gasteiger partial charge < -0.3 is 19.7 Å². The first kappa shape index (κ1) is 27.2. The Hall–Kier alpha value is -3.39. The monoisotopic (exact) mass is 494 g/mol. The zero-order valence-electron chi connectivity index (χ0n) is 22.0. The second kappa shape index (κ2) is 13.1. The molecule has 2 aromatic carbocycles. The first-order valence-corrected chi connectivity index (χ1v) is 12.7. The van der Waals surface area contributed by atoms with Crippen LogP contribution in [0.4, 0.5) is 5.69 Å². The van der Waals surface area contributed by atoms with E-state index in [1.807, 2.05) is 56.3 Å². The molecule has 0 spiro atoms. The number of benzene rings is 2. The first-order chi connectivity index (χ1) is 17.3. The number of methoxy groups -OCH3 is 1. The molecule has 0 radical (unpaired) electrons. The van der Waals surface area contributed by atoms with Gasteiger partial charge in [-0.2, -0.15) is 5.10 Å². The van der Waals surface area contributed by atoms with Crippen LogP contribution in [0.25, 0.3) is 0 Å². The Bertz CT molecular complexity index is 1060. The number of carbonyl (C=O) groups excluding carboxylic acids is 2. The summed E-state index contributed by atoms with van der Waals surface area (Å²) in [7, 11) is 1.61. The summed E-state index contributed by atoms with van der Waals surface area (Å²) in [6.45, 7) is 11.1. The standard InChI is InChI=1S/C28H38N4O4/c1-6-31(7-2)17-16-27(33)29-23-11-8-21(9-12-23)19-32-28(34)15-13-24(30-32)22-10-14-25(35-5)26(18-22)36-20(3)4/h8-12,14,18,20H,6-7,13,15-17,19H2,1-5H3,(H,29,33). The fourth-order valence-corrected chi connectivity index (χ4v) is 4.02. The Morgan fingerprint density at radius 1 is 1.08 bits per heavy atom. The molecule has 1 heterocycles. The van der Waals surface area contributed by atoms with Gasteiger partial charge in [-0.25, -0.2) is 5.01 Å². The number of carbonyl (C=O) groups is 2. The van der Waals surface area contributed by atoms with E-state index in [2.05, 4.69) is 29.2 Å². The van der Waals surface area contributed by atoms with Crippen molar-refractivity contribution in [3.05, 3.63) is 53.6 Å². The average Bonchev–Trinajstić information content (AvgIpc) is 2.86.